The molecule has 0 N–H and O–H groups in total. The van der Waals surface area contributed by atoms with Gasteiger partial charge in [-0.05, 0) is 61.3 Å². The molecule has 0 aliphatic heterocycles. The van der Waals surface area contributed by atoms with E-state index in [0.717, 1.165) is 55.5 Å². The van der Waals surface area contributed by atoms with Gasteiger partial charge < -0.3 is 0 Å². The third-order valence-corrected chi connectivity index (χ3v) is 6.48. The van der Waals surface area contributed by atoms with Gasteiger partial charge in [-0.2, -0.15) is 0 Å². The van der Waals surface area contributed by atoms with Gasteiger partial charge in [0, 0.05) is 29.3 Å². The lowest BCUT2D eigenvalue weighted by Gasteiger charge is -2.28. The maximum atomic E-state index is 4.98. The number of benzene rings is 1. The first-order chi connectivity index (χ1) is 13.6. The van der Waals surface area contributed by atoms with Crippen LogP contribution in [0.1, 0.15) is 48.5 Å². The number of nitrogens with zero attached hydrogens (tertiary/aromatic N) is 2. The zero-order valence-electron chi connectivity index (χ0n) is 16.9. The third-order valence-electron chi connectivity index (χ3n) is 5.63. The van der Waals surface area contributed by atoms with Gasteiger partial charge in [0.05, 0.1) is 10.7 Å². The van der Waals surface area contributed by atoms with Crippen LogP contribution in [-0.4, -0.2) is 9.97 Å². The van der Waals surface area contributed by atoms with Crippen LogP contribution in [0.3, 0.4) is 0 Å². The fourth-order valence-electron chi connectivity index (χ4n) is 4.55. The Labute approximate surface area is 172 Å². The average molecular weight is 389 g/mol. The summed E-state index contributed by atoms with van der Waals surface area (Å²) in [6.45, 7) is 8.56. The summed E-state index contributed by atoms with van der Waals surface area (Å²) in [5.41, 5.74) is 7.80. The standard InChI is InChI=1S/C25H28N2S/c1-4-7-22-11-10-21(16-26-22)23-17-28-24(27-23)15-25(12-18(2)3)13-19-8-5-6-9-20(19)14-25/h5-6,8-11,16-17H,2,4,7,12-15H2,1,3H3. The predicted molar refractivity (Wildman–Crippen MR) is 119 cm³/mol. The fourth-order valence-corrected chi connectivity index (χ4v) is 5.53. The summed E-state index contributed by atoms with van der Waals surface area (Å²) >= 11 is 1.78. The molecule has 3 heteroatoms. The summed E-state index contributed by atoms with van der Waals surface area (Å²) in [4.78, 5) is 9.57. The van der Waals surface area contributed by atoms with Gasteiger partial charge in [-0.3, -0.25) is 4.98 Å². The number of hydrogen-bond acceptors (Lipinski definition) is 3. The number of aryl methyl sites for hydroxylation is 1. The van der Waals surface area contributed by atoms with Crippen molar-refractivity contribution in [3.8, 4) is 11.3 Å². The molecule has 144 valence electrons. The van der Waals surface area contributed by atoms with Crippen LogP contribution in [0.5, 0.6) is 0 Å². The Balaban J connectivity index is 1.55. The SMILES string of the molecule is C=C(C)CC1(Cc2nc(-c3ccc(CCC)nc3)cs2)Cc2ccccc2C1. The van der Waals surface area contributed by atoms with Crippen LogP contribution in [0.2, 0.25) is 0 Å². The maximum Gasteiger partial charge on any atom is 0.0938 e. The number of rotatable bonds is 7. The first-order valence-corrected chi connectivity index (χ1v) is 11.1. The Kier molecular flexibility index (Phi) is 5.45. The molecule has 4 rings (SSSR count). The van der Waals surface area contributed by atoms with E-state index in [-0.39, 0.29) is 5.41 Å². The summed E-state index contributed by atoms with van der Waals surface area (Å²) < 4.78 is 0. The number of allylic oxidation sites excluding steroid dienone is 1. The first kappa shape index (κ1) is 19.1. The molecule has 0 amide bonds. The van der Waals surface area contributed by atoms with E-state index < -0.39 is 0 Å². The molecule has 0 spiro atoms. The Morgan fingerprint density at radius 3 is 2.50 bits per heavy atom. The molecule has 2 nitrogen and oxygen atoms in total. The summed E-state index contributed by atoms with van der Waals surface area (Å²) in [5, 5.41) is 3.41. The molecule has 2 aromatic heterocycles. The van der Waals surface area contributed by atoms with Crippen LogP contribution < -0.4 is 0 Å². The highest BCUT2D eigenvalue weighted by Gasteiger charge is 2.37. The van der Waals surface area contributed by atoms with Crippen molar-refractivity contribution in [3.63, 3.8) is 0 Å². The Morgan fingerprint density at radius 2 is 1.89 bits per heavy atom. The molecule has 1 aliphatic carbocycles. The number of aromatic nitrogens is 2. The normalized spacial score (nSPS) is 14.8. The van der Waals surface area contributed by atoms with Gasteiger partial charge in [-0.15, -0.1) is 17.9 Å². The molecule has 1 aromatic carbocycles. The third kappa shape index (κ3) is 4.10. The van der Waals surface area contributed by atoms with Crippen molar-refractivity contribution in [1.82, 2.24) is 9.97 Å². The summed E-state index contributed by atoms with van der Waals surface area (Å²) in [6.07, 6.45) is 8.45. The van der Waals surface area contributed by atoms with E-state index in [1.807, 2.05) is 6.20 Å². The Hall–Kier alpha value is -2.26. The molecular weight excluding hydrogens is 360 g/mol. The van der Waals surface area contributed by atoms with Crippen molar-refractivity contribution in [2.75, 3.05) is 0 Å². The fraction of sp³-hybridized carbons (Fsp3) is 0.360. The van der Waals surface area contributed by atoms with Crippen LogP contribution in [0.15, 0.2) is 60.1 Å². The van der Waals surface area contributed by atoms with Crippen LogP contribution in [0.25, 0.3) is 11.3 Å². The van der Waals surface area contributed by atoms with E-state index in [1.54, 1.807) is 11.3 Å². The lowest BCUT2D eigenvalue weighted by molar-refractivity contribution is 0.299. The van der Waals surface area contributed by atoms with Crippen molar-refractivity contribution < 1.29 is 0 Å². The topological polar surface area (TPSA) is 25.8 Å². The van der Waals surface area contributed by atoms with Gasteiger partial charge in [-0.1, -0.05) is 43.2 Å². The lowest BCUT2D eigenvalue weighted by atomic mass is 9.76. The molecular formula is C25H28N2S. The second kappa shape index (κ2) is 8.00. The highest BCUT2D eigenvalue weighted by Crippen LogP contribution is 2.44. The molecule has 1 aliphatic rings. The van der Waals surface area contributed by atoms with E-state index in [9.17, 15) is 0 Å². The minimum atomic E-state index is 0.216. The molecule has 0 unspecified atom stereocenters. The molecule has 0 fully saturated rings. The highest BCUT2D eigenvalue weighted by atomic mass is 32.1. The van der Waals surface area contributed by atoms with Gasteiger partial charge in [0.1, 0.15) is 0 Å². The van der Waals surface area contributed by atoms with Gasteiger partial charge in [0.2, 0.25) is 0 Å². The molecule has 0 bridgehead atoms. The van der Waals surface area contributed by atoms with Crippen molar-refractivity contribution in [1.29, 1.82) is 0 Å². The van der Waals surface area contributed by atoms with Crippen molar-refractivity contribution in [2.24, 2.45) is 5.41 Å². The van der Waals surface area contributed by atoms with E-state index in [2.05, 4.69) is 67.2 Å². The van der Waals surface area contributed by atoms with E-state index in [4.69, 9.17) is 4.98 Å². The molecule has 28 heavy (non-hydrogen) atoms. The lowest BCUT2D eigenvalue weighted by Crippen LogP contribution is -2.25. The first-order valence-electron chi connectivity index (χ1n) is 10.2. The van der Waals surface area contributed by atoms with Crippen molar-refractivity contribution >= 4 is 11.3 Å². The van der Waals surface area contributed by atoms with Gasteiger partial charge in [0.25, 0.3) is 0 Å². The molecule has 0 radical (unpaired) electrons. The van der Waals surface area contributed by atoms with Gasteiger partial charge >= 0.3 is 0 Å². The van der Waals surface area contributed by atoms with E-state index in [0.29, 0.717) is 0 Å². The number of pyridine rings is 1. The van der Waals surface area contributed by atoms with Crippen molar-refractivity contribution in [3.05, 3.63) is 82.0 Å². The van der Waals surface area contributed by atoms with Crippen molar-refractivity contribution in [2.45, 2.75) is 52.4 Å². The molecule has 2 heterocycles. The summed E-state index contributed by atoms with van der Waals surface area (Å²) in [5.74, 6) is 0. The minimum Gasteiger partial charge on any atom is -0.261 e. The van der Waals surface area contributed by atoms with E-state index in [1.165, 1.54) is 21.7 Å². The summed E-state index contributed by atoms with van der Waals surface area (Å²) in [7, 11) is 0. The number of thiazole rings is 1. The monoisotopic (exact) mass is 388 g/mol. The van der Waals surface area contributed by atoms with Crippen LogP contribution in [-0.2, 0) is 25.7 Å². The van der Waals surface area contributed by atoms with Crippen LogP contribution in [0.4, 0.5) is 0 Å². The van der Waals surface area contributed by atoms with Crippen LogP contribution in [0, 0.1) is 5.41 Å². The quantitative estimate of drug-likeness (QED) is 0.435. The highest BCUT2D eigenvalue weighted by molar-refractivity contribution is 7.09. The van der Waals surface area contributed by atoms with E-state index >= 15 is 0 Å². The van der Waals surface area contributed by atoms with Crippen LogP contribution >= 0.6 is 11.3 Å². The molecule has 0 saturated heterocycles. The van der Waals surface area contributed by atoms with Gasteiger partial charge in [-0.25, -0.2) is 4.98 Å². The second-order valence-corrected chi connectivity index (χ2v) is 9.29. The number of fused-ring (bicyclic) bond motifs is 1. The Morgan fingerprint density at radius 1 is 1.14 bits per heavy atom. The smallest absolute Gasteiger partial charge is 0.0938 e. The maximum absolute atomic E-state index is 4.98. The largest absolute Gasteiger partial charge is 0.261 e. The minimum absolute atomic E-state index is 0.216. The zero-order valence-corrected chi connectivity index (χ0v) is 17.7. The second-order valence-electron chi connectivity index (χ2n) is 8.35. The summed E-state index contributed by atoms with van der Waals surface area (Å²) in [6, 6.07) is 13.2. The zero-order chi connectivity index (χ0) is 19.6. The molecule has 0 saturated carbocycles. The Bertz CT molecular complexity index is 943. The number of hydrogen-bond donors (Lipinski definition) is 0. The molecule has 0 atom stereocenters. The average Bonchev–Trinajstić information content (AvgIpc) is 3.26. The predicted octanol–water partition coefficient (Wildman–Crippen LogP) is 6.45. The molecule has 3 aromatic rings. The van der Waals surface area contributed by atoms with Gasteiger partial charge in [0.15, 0.2) is 0 Å².